The third-order valence-electron chi connectivity index (χ3n) is 4.59. The molecule has 0 heterocycles. The Hall–Kier alpha value is -0.140. The van der Waals surface area contributed by atoms with Crippen LogP contribution < -0.4 is 0 Å². The van der Waals surface area contributed by atoms with E-state index in [1.807, 2.05) is 0 Å². The number of hydrogen-bond donors (Lipinski definition) is 0. The molecule has 96 valence electrons. The van der Waals surface area contributed by atoms with E-state index in [4.69, 9.17) is 0 Å². The van der Waals surface area contributed by atoms with E-state index in [0.717, 1.165) is 0 Å². The molecule has 1 fully saturated rings. The highest BCUT2D eigenvalue weighted by molar-refractivity contribution is 4.80. The van der Waals surface area contributed by atoms with E-state index in [2.05, 4.69) is 13.8 Å². The molecule has 16 heavy (non-hydrogen) atoms. The Morgan fingerprint density at radius 3 is 2.12 bits per heavy atom. The van der Waals surface area contributed by atoms with Gasteiger partial charge in [0.25, 0.3) is 0 Å². The van der Waals surface area contributed by atoms with Gasteiger partial charge in [-0.1, -0.05) is 33.1 Å². The summed E-state index contributed by atoms with van der Waals surface area (Å²) >= 11 is 0. The molecule has 0 spiro atoms. The lowest BCUT2D eigenvalue weighted by atomic mass is 9.73. The lowest BCUT2D eigenvalue weighted by molar-refractivity contribution is 0.152. The average Bonchev–Trinajstić information content (AvgIpc) is 2.42. The molecule has 2 heteroatoms. The van der Waals surface area contributed by atoms with Gasteiger partial charge in [-0.3, -0.25) is 8.78 Å². The second-order valence-electron chi connectivity index (χ2n) is 5.50. The normalized spacial score (nSPS) is 31.7. The zero-order valence-electron chi connectivity index (χ0n) is 10.7. The molecule has 1 rings (SSSR count). The molecule has 0 radical (unpaired) electrons. The van der Waals surface area contributed by atoms with E-state index in [1.165, 1.54) is 25.7 Å². The Morgan fingerprint density at radius 2 is 1.56 bits per heavy atom. The summed E-state index contributed by atoms with van der Waals surface area (Å²) < 4.78 is 25.0. The summed E-state index contributed by atoms with van der Waals surface area (Å²) in [6, 6.07) is 0. The van der Waals surface area contributed by atoms with Crippen molar-refractivity contribution in [2.75, 3.05) is 13.3 Å². The van der Waals surface area contributed by atoms with Crippen LogP contribution in [-0.2, 0) is 0 Å². The van der Waals surface area contributed by atoms with Crippen molar-refractivity contribution < 1.29 is 8.78 Å². The van der Waals surface area contributed by atoms with E-state index in [-0.39, 0.29) is 19.3 Å². The van der Waals surface area contributed by atoms with Gasteiger partial charge in [-0.25, -0.2) is 0 Å². The summed E-state index contributed by atoms with van der Waals surface area (Å²) in [5, 5.41) is 0. The predicted molar refractivity (Wildman–Crippen MR) is 65.0 cm³/mol. The SMILES string of the molecule is C[C@H]1CCCCC(C(CCF)CCF)[C@@H]1C. The van der Waals surface area contributed by atoms with Crippen molar-refractivity contribution in [3.8, 4) is 0 Å². The highest BCUT2D eigenvalue weighted by Gasteiger charge is 2.31. The summed E-state index contributed by atoms with van der Waals surface area (Å²) in [6.07, 6.45) is 6.12. The largest absolute Gasteiger partial charge is 0.251 e. The van der Waals surface area contributed by atoms with Gasteiger partial charge >= 0.3 is 0 Å². The summed E-state index contributed by atoms with van der Waals surface area (Å²) in [4.78, 5) is 0. The van der Waals surface area contributed by atoms with Gasteiger partial charge in [0.1, 0.15) is 0 Å². The molecule has 0 bridgehead atoms. The van der Waals surface area contributed by atoms with Gasteiger partial charge in [0.2, 0.25) is 0 Å². The summed E-state index contributed by atoms with van der Waals surface area (Å²) in [6.45, 7) is 4.00. The van der Waals surface area contributed by atoms with Crippen molar-refractivity contribution in [3.63, 3.8) is 0 Å². The van der Waals surface area contributed by atoms with Crippen LogP contribution in [0.15, 0.2) is 0 Å². The van der Waals surface area contributed by atoms with Gasteiger partial charge < -0.3 is 0 Å². The minimum Gasteiger partial charge on any atom is -0.251 e. The van der Waals surface area contributed by atoms with Crippen LogP contribution in [0.4, 0.5) is 8.78 Å². The van der Waals surface area contributed by atoms with Crippen LogP contribution in [-0.4, -0.2) is 13.3 Å². The summed E-state index contributed by atoms with van der Waals surface area (Å²) in [7, 11) is 0. The third-order valence-corrected chi connectivity index (χ3v) is 4.59. The quantitative estimate of drug-likeness (QED) is 0.598. The van der Waals surface area contributed by atoms with Gasteiger partial charge in [-0.2, -0.15) is 0 Å². The molecule has 1 unspecified atom stereocenters. The van der Waals surface area contributed by atoms with Crippen LogP contribution in [0.2, 0.25) is 0 Å². The second kappa shape index (κ2) is 7.24. The Bertz CT molecular complexity index is 176. The third kappa shape index (κ3) is 3.71. The molecule has 0 aromatic rings. The first-order valence-electron chi connectivity index (χ1n) is 6.82. The fraction of sp³-hybridized carbons (Fsp3) is 1.00. The number of rotatable bonds is 5. The molecule has 0 amide bonds. The molecule has 0 N–H and O–H groups in total. The maximum atomic E-state index is 12.5. The first-order chi connectivity index (χ1) is 7.70. The van der Waals surface area contributed by atoms with Crippen molar-refractivity contribution in [2.24, 2.45) is 23.7 Å². The monoisotopic (exact) mass is 232 g/mol. The first kappa shape index (κ1) is 13.9. The van der Waals surface area contributed by atoms with Crippen LogP contribution in [0.25, 0.3) is 0 Å². The molecule has 1 aliphatic carbocycles. The zero-order chi connectivity index (χ0) is 12.0. The van der Waals surface area contributed by atoms with Gasteiger partial charge in [0.05, 0.1) is 13.3 Å². The summed E-state index contributed by atoms with van der Waals surface area (Å²) in [5.41, 5.74) is 0. The molecular weight excluding hydrogens is 206 g/mol. The highest BCUT2D eigenvalue weighted by atomic mass is 19.1. The number of halogens is 2. The van der Waals surface area contributed by atoms with Crippen molar-refractivity contribution in [1.29, 1.82) is 0 Å². The van der Waals surface area contributed by atoms with Gasteiger partial charge in [0, 0.05) is 0 Å². The fourth-order valence-corrected chi connectivity index (χ4v) is 3.31. The lowest BCUT2D eigenvalue weighted by Crippen LogP contribution is -2.26. The van der Waals surface area contributed by atoms with E-state index in [1.54, 1.807) is 0 Å². The number of hydrogen-bond acceptors (Lipinski definition) is 0. The Morgan fingerprint density at radius 1 is 1.00 bits per heavy atom. The average molecular weight is 232 g/mol. The Labute approximate surface area is 98.8 Å². The van der Waals surface area contributed by atoms with Crippen molar-refractivity contribution in [3.05, 3.63) is 0 Å². The summed E-state index contributed by atoms with van der Waals surface area (Å²) in [5.74, 6) is 2.16. The highest BCUT2D eigenvalue weighted by Crippen LogP contribution is 2.39. The zero-order valence-corrected chi connectivity index (χ0v) is 10.7. The van der Waals surface area contributed by atoms with E-state index < -0.39 is 0 Å². The molecule has 0 aromatic heterocycles. The molecule has 0 saturated heterocycles. The molecule has 0 nitrogen and oxygen atoms in total. The van der Waals surface area contributed by atoms with Crippen molar-refractivity contribution >= 4 is 0 Å². The maximum absolute atomic E-state index is 12.5. The van der Waals surface area contributed by atoms with Gasteiger partial charge in [0.15, 0.2) is 0 Å². The molecule has 3 atom stereocenters. The molecule has 0 aromatic carbocycles. The van der Waals surface area contributed by atoms with Crippen molar-refractivity contribution in [1.82, 2.24) is 0 Å². The topological polar surface area (TPSA) is 0 Å². The van der Waals surface area contributed by atoms with Gasteiger partial charge in [-0.05, 0) is 42.9 Å². The Kier molecular flexibility index (Phi) is 6.30. The van der Waals surface area contributed by atoms with Crippen LogP contribution in [0.3, 0.4) is 0 Å². The van der Waals surface area contributed by atoms with Crippen LogP contribution in [0.1, 0.15) is 52.4 Å². The molecular formula is C14H26F2. The second-order valence-corrected chi connectivity index (χ2v) is 5.50. The standard InChI is InChI=1S/C14H26F2/c1-11-5-3-4-6-14(12(11)2)13(7-9-15)8-10-16/h11-14H,3-10H2,1-2H3/t11-,12+,14?/m0/s1. The lowest BCUT2D eigenvalue weighted by Gasteiger charge is -2.32. The van der Waals surface area contributed by atoms with E-state index in [9.17, 15) is 8.78 Å². The van der Waals surface area contributed by atoms with Crippen LogP contribution >= 0.6 is 0 Å². The Balaban J connectivity index is 2.63. The fourth-order valence-electron chi connectivity index (χ4n) is 3.31. The predicted octanol–water partition coefficient (Wildman–Crippen LogP) is 4.78. The van der Waals surface area contributed by atoms with Crippen LogP contribution in [0.5, 0.6) is 0 Å². The van der Waals surface area contributed by atoms with Gasteiger partial charge in [-0.15, -0.1) is 0 Å². The molecule has 0 aliphatic heterocycles. The number of alkyl halides is 2. The molecule has 1 aliphatic rings. The maximum Gasteiger partial charge on any atom is 0.0897 e. The van der Waals surface area contributed by atoms with E-state index >= 15 is 0 Å². The minimum atomic E-state index is -0.289. The van der Waals surface area contributed by atoms with Crippen molar-refractivity contribution in [2.45, 2.75) is 52.4 Å². The minimum absolute atomic E-state index is 0.269. The first-order valence-corrected chi connectivity index (χ1v) is 6.82. The van der Waals surface area contributed by atoms with Crippen LogP contribution in [0, 0.1) is 23.7 Å². The smallest absolute Gasteiger partial charge is 0.0897 e. The van der Waals surface area contributed by atoms with E-state index in [0.29, 0.717) is 30.6 Å². The molecule has 1 saturated carbocycles.